The monoisotopic (exact) mass is 384 g/mol. The zero-order valence-corrected chi connectivity index (χ0v) is 15.0. The van der Waals surface area contributed by atoms with Crippen LogP contribution in [0.5, 0.6) is 0 Å². The summed E-state index contributed by atoms with van der Waals surface area (Å²) in [6, 6.07) is 3.89. The van der Waals surface area contributed by atoms with Crippen LogP contribution in [0.4, 0.5) is 13.2 Å². The Morgan fingerprint density at radius 3 is 2.70 bits per heavy atom. The van der Waals surface area contributed by atoms with E-state index in [0.717, 1.165) is 12.1 Å². The predicted molar refractivity (Wildman–Crippen MR) is 90.6 cm³/mol. The standard InChI is InChI=1S/C18H23F3N4O2/c19-18(20,21)2-1-16(26)25-5-3-17(4-6-25)13-24(7-8-27-17)12-14-9-15(10-22)23-11-14/h9,11,23H,1-8,12-13H2. The molecule has 9 heteroatoms. The number of amides is 1. The number of hydrogen-bond donors (Lipinski definition) is 1. The van der Waals surface area contributed by atoms with E-state index in [0.29, 0.717) is 51.3 Å². The molecule has 1 spiro atoms. The molecule has 1 aromatic rings. The number of carbonyl (C=O) groups excluding carboxylic acids is 1. The summed E-state index contributed by atoms with van der Waals surface area (Å²) < 4.78 is 42.9. The lowest BCUT2D eigenvalue weighted by Crippen LogP contribution is -2.57. The van der Waals surface area contributed by atoms with Crippen LogP contribution in [0, 0.1) is 11.3 Å². The fraction of sp³-hybridized carbons (Fsp3) is 0.667. The van der Waals surface area contributed by atoms with E-state index in [1.807, 2.05) is 12.3 Å². The van der Waals surface area contributed by atoms with Crippen molar-refractivity contribution in [3.05, 3.63) is 23.5 Å². The van der Waals surface area contributed by atoms with Gasteiger partial charge in [0.15, 0.2) is 0 Å². The van der Waals surface area contributed by atoms with Gasteiger partial charge in [0.25, 0.3) is 0 Å². The van der Waals surface area contributed by atoms with E-state index in [9.17, 15) is 18.0 Å². The molecule has 3 rings (SSSR count). The Morgan fingerprint density at radius 1 is 1.33 bits per heavy atom. The molecule has 0 atom stereocenters. The van der Waals surface area contributed by atoms with Gasteiger partial charge < -0.3 is 14.6 Å². The molecule has 0 aromatic carbocycles. The van der Waals surface area contributed by atoms with Crippen molar-refractivity contribution in [2.75, 3.05) is 32.8 Å². The summed E-state index contributed by atoms with van der Waals surface area (Å²) >= 11 is 0. The van der Waals surface area contributed by atoms with E-state index in [2.05, 4.69) is 16.0 Å². The van der Waals surface area contributed by atoms with Crippen molar-refractivity contribution in [1.82, 2.24) is 14.8 Å². The molecule has 1 aromatic heterocycles. The van der Waals surface area contributed by atoms with Gasteiger partial charge >= 0.3 is 6.18 Å². The van der Waals surface area contributed by atoms with Crippen LogP contribution in [0.15, 0.2) is 12.3 Å². The summed E-state index contributed by atoms with van der Waals surface area (Å²) in [4.78, 5) is 18.7. The van der Waals surface area contributed by atoms with E-state index >= 15 is 0 Å². The average molecular weight is 384 g/mol. The minimum atomic E-state index is -4.30. The van der Waals surface area contributed by atoms with Crippen molar-refractivity contribution in [3.8, 4) is 6.07 Å². The summed E-state index contributed by atoms with van der Waals surface area (Å²) in [6.45, 7) is 3.63. The molecule has 6 nitrogen and oxygen atoms in total. The molecule has 2 saturated heterocycles. The van der Waals surface area contributed by atoms with Gasteiger partial charge in [-0.05, 0) is 24.5 Å². The second-order valence-corrected chi connectivity index (χ2v) is 7.27. The van der Waals surface area contributed by atoms with E-state index < -0.39 is 24.9 Å². The number of likely N-dealkylation sites (tertiary alicyclic amines) is 1. The molecular formula is C18H23F3N4O2. The highest BCUT2D eigenvalue weighted by atomic mass is 19.4. The molecule has 1 N–H and O–H groups in total. The number of nitriles is 1. The lowest BCUT2D eigenvalue weighted by molar-refractivity contribution is -0.158. The molecule has 2 aliphatic rings. The molecule has 1 amide bonds. The predicted octanol–water partition coefficient (Wildman–Crippen LogP) is 2.42. The first kappa shape index (κ1) is 19.7. The van der Waals surface area contributed by atoms with Crippen molar-refractivity contribution in [2.45, 2.75) is 44.0 Å². The zero-order valence-electron chi connectivity index (χ0n) is 15.0. The lowest BCUT2D eigenvalue weighted by atomic mass is 9.89. The topological polar surface area (TPSA) is 72.4 Å². The highest BCUT2D eigenvalue weighted by Gasteiger charge is 2.41. The molecule has 2 fully saturated rings. The first-order chi connectivity index (χ1) is 12.8. The Bertz CT molecular complexity index is 702. The maximum Gasteiger partial charge on any atom is 0.389 e. The van der Waals surface area contributed by atoms with Crippen LogP contribution in [0.25, 0.3) is 0 Å². The normalized spacial score (nSPS) is 20.6. The van der Waals surface area contributed by atoms with Crippen molar-refractivity contribution < 1.29 is 22.7 Å². The summed E-state index contributed by atoms with van der Waals surface area (Å²) in [7, 11) is 0. The minimum absolute atomic E-state index is 0.354. The first-order valence-corrected chi connectivity index (χ1v) is 9.07. The largest absolute Gasteiger partial charge is 0.389 e. The van der Waals surface area contributed by atoms with Gasteiger partial charge in [-0.2, -0.15) is 18.4 Å². The van der Waals surface area contributed by atoms with Crippen LogP contribution in [-0.4, -0.2) is 65.3 Å². The minimum Gasteiger partial charge on any atom is -0.372 e. The van der Waals surface area contributed by atoms with Gasteiger partial charge in [0.2, 0.25) is 5.91 Å². The number of carbonyl (C=O) groups is 1. The van der Waals surface area contributed by atoms with Crippen molar-refractivity contribution in [3.63, 3.8) is 0 Å². The third-order valence-corrected chi connectivity index (χ3v) is 5.25. The average Bonchev–Trinajstić information content (AvgIpc) is 3.07. The van der Waals surface area contributed by atoms with Gasteiger partial charge in [-0.3, -0.25) is 9.69 Å². The van der Waals surface area contributed by atoms with Gasteiger partial charge in [-0.1, -0.05) is 0 Å². The Balaban J connectivity index is 1.51. The first-order valence-electron chi connectivity index (χ1n) is 9.07. The Hall–Kier alpha value is -2.05. The van der Waals surface area contributed by atoms with Crippen molar-refractivity contribution >= 4 is 5.91 Å². The number of alkyl halides is 3. The maximum absolute atomic E-state index is 12.3. The van der Waals surface area contributed by atoms with Crippen molar-refractivity contribution in [2.24, 2.45) is 0 Å². The quantitative estimate of drug-likeness (QED) is 0.865. The molecule has 0 radical (unpaired) electrons. The highest BCUT2D eigenvalue weighted by molar-refractivity contribution is 5.76. The van der Waals surface area contributed by atoms with Gasteiger partial charge in [0, 0.05) is 45.3 Å². The van der Waals surface area contributed by atoms with Crippen LogP contribution >= 0.6 is 0 Å². The highest BCUT2D eigenvalue weighted by Crippen LogP contribution is 2.31. The van der Waals surface area contributed by atoms with Gasteiger partial charge in [0.1, 0.15) is 11.8 Å². The van der Waals surface area contributed by atoms with Gasteiger partial charge in [-0.15, -0.1) is 0 Å². The maximum atomic E-state index is 12.3. The summed E-state index contributed by atoms with van der Waals surface area (Å²) in [5, 5.41) is 8.90. The zero-order chi connectivity index (χ0) is 19.5. The number of nitrogens with zero attached hydrogens (tertiary/aromatic N) is 3. The van der Waals surface area contributed by atoms with E-state index in [1.54, 1.807) is 0 Å². The van der Waals surface area contributed by atoms with Gasteiger partial charge in [-0.25, -0.2) is 0 Å². The third kappa shape index (κ3) is 5.23. The number of H-pyrrole nitrogens is 1. The Morgan fingerprint density at radius 2 is 2.07 bits per heavy atom. The second-order valence-electron chi connectivity index (χ2n) is 7.27. The van der Waals surface area contributed by atoms with Crippen LogP contribution < -0.4 is 0 Å². The molecule has 0 bridgehead atoms. The van der Waals surface area contributed by atoms with E-state index in [1.165, 1.54) is 4.90 Å². The number of morpholine rings is 1. The summed E-state index contributed by atoms with van der Waals surface area (Å²) in [6.07, 6.45) is -2.79. The van der Waals surface area contributed by atoms with Gasteiger partial charge in [0.05, 0.1) is 18.6 Å². The lowest BCUT2D eigenvalue weighted by Gasteiger charge is -2.47. The number of aromatic nitrogens is 1. The second kappa shape index (κ2) is 7.90. The molecule has 0 aliphatic carbocycles. The molecule has 2 aliphatic heterocycles. The number of nitrogens with one attached hydrogen (secondary N) is 1. The number of hydrogen-bond acceptors (Lipinski definition) is 4. The number of ether oxygens (including phenoxy) is 1. The van der Waals surface area contributed by atoms with Crippen LogP contribution in [0.1, 0.15) is 36.9 Å². The number of piperidine rings is 1. The van der Waals surface area contributed by atoms with Crippen LogP contribution in [0.3, 0.4) is 0 Å². The molecule has 148 valence electrons. The number of aromatic amines is 1. The summed E-state index contributed by atoms with van der Waals surface area (Å²) in [5.41, 5.74) is 1.20. The van der Waals surface area contributed by atoms with Crippen molar-refractivity contribution in [1.29, 1.82) is 5.26 Å². The number of rotatable bonds is 4. The van der Waals surface area contributed by atoms with E-state index in [-0.39, 0.29) is 5.60 Å². The Kier molecular flexibility index (Phi) is 5.77. The molecular weight excluding hydrogens is 361 g/mol. The number of halogens is 3. The summed E-state index contributed by atoms with van der Waals surface area (Å²) in [5.74, 6) is -0.439. The molecule has 27 heavy (non-hydrogen) atoms. The SMILES string of the molecule is N#Cc1cc(CN2CCOC3(CCN(C(=O)CCC(F)(F)F)CC3)C2)c[nH]1. The third-order valence-electron chi connectivity index (χ3n) is 5.25. The molecule has 0 saturated carbocycles. The fourth-order valence-electron chi connectivity index (χ4n) is 3.78. The molecule has 0 unspecified atom stereocenters. The van der Waals surface area contributed by atoms with Crippen LogP contribution in [-0.2, 0) is 16.1 Å². The Labute approximate surface area is 155 Å². The van der Waals surface area contributed by atoms with E-state index in [4.69, 9.17) is 10.00 Å². The smallest absolute Gasteiger partial charge is 0.372 e. The molecule has 3 heterocycles. The van der Waals surface area contributed by atoms with Crippen LogP contribution in [0.2, 0.25) is 0 Å². The fourth-order valence-corrected chi connectivity index (χ4v) is 3.78.